The van der Waals surface area contributed by atoms with E-state index in [1.807, 2.05) is 25.8 Å². The summed E-state index contributed by atoms with van der Waals surface area (Å²) in [5, 5.41) is 9.22. The lowest BCUT2D eigenvalue weighted by Gasteiger charge is -2.34. The van der Waals surface area contributed by atoms with Crippen molar-refractivity contribution in [2.75, 3.05) is 24.0 Å². The molecule has 4 N–H and O–H groups in total. The molecule has 0 aliphatic rings. The van der Waals surface area contributed by atoms with Gasteiger partial charge in [-0.25, -0.2) is 10.8 Å². The van der Waals surface area contributed by atoms with E-state index in [4.69, 9.17) is 5.84 Å². The smallest absolute Gasteiger partial charge is 0.160 e. The van der Waals surface area contributed by atoms with Gasteiger partial charge in [0.2, 0.25) is 0 Å². The van der Waals surface area contributed by atoms with Crippen LogP contribution in [0.2, 0.25) is 0 Å². The van der Waals surface area contributed by atoms with Crippen molar-refractivity contribution in [2.24, 2.45) is 5.84 Å². The summed E-state index contributed by atoms with van der Waals surface area (Å²) in [6.07, 6.45) is 3.15. The molecule has 0 saturated heterocycles. The Balaban J connectivity index is 2.95. The topological polar surface area (TPSA) is 87.3 Å². The first-order valence-corrected chi connectivity index (χ1v) is 4.64. The van der Waals surface area contributed by atoms with Crippen LogP contribution in [0, 0.1) is 0 Å². The van der Waals surface area contributed by atoms with Gasteiger partial charge in [-0.3, -0.25) is 4.98 Å². The molecule has 0 unspecified atom stereocenters. The van der Waals surface area contributed by atoms with Crippen molar-refractivity contribution in [3.05, 3.63) is 12.4 Å². The highest BCUT2D eigenvalue weighted by molar-refractivity contribution is 5.44. The minimum Gasteiger partial charge on any atom is -0.394 e. The summed E-state index contributed by atoms with van der Waals surface area (Å²) in [6.45, 7) is 3.86. The third-order valence-electron chi connectivity index (χ3n) is 2.41. The van der Waals surface area contributed by atoms with Gasteiger partial charge in [-0.15, -0.1) is 0 Å². The molecule has 0 amide bonds. The van der Waals surface area contributed by atoms with E-state index in [0.717, 1.165) is 0 Å². The van der Waals surface area contributed by atoms with E-state index in [2.05, 4.69) is 15.4 Å². The SMILES string of the molecule is CN(c1cncc(NN)n1)C(C)(C)CO. The molecule has 0 atom stereocenters. The Morgan fingerprint density at radius 3 is 2.73 bits per heavy atom. The van der Waals surface area contributed by atoms with Gasteiger partial charge >= 0.3 is 0 Å². The van der Waals surface area contributed by atoms with E-state index >= 15 is 0 Å². The predicted molar refractivity (Wildman–Crippen MR) is 59.4 cm³/mol. The Kier molecular flexibility index (Phi) is 3.43. The number of aliphatic hydroxyl groups is 1. The van der Waals surface area contributed by atoms with Crippen LogP contribution in [0.5, 0.6) is 0 Å². The standard InChI is InChI=1S/C9H17N5O/c1-9(2,6-15)14(3)8-5-11-4-7(12-8)13-10/h4-5,15H,6,10H2,1-3H3,(H,12,13). The fourth-order valence-electron chi connectivity index (χ4n) is 1.00. The summed E-state index contributed by atoms with van der Waals surface area (Å²) in [5.41, 5.74) is 2.04. The molecule has 0 radical (unpaired) electrons. The van der Waals surface area contributed by atoms with Crippen molar-refractivity contribution in [1.82, 2.24) is 9.97 Å². The first-order valence-electron chi connectivity index (χ1n) is 4.64. The monoisotopic (exact) mass is 211 g/mol. The van der Waals surface area contributed by atoms with E-state index < -0.39 is 0 Å². The molecule has 0 aliphatic heterocycles. The molecule has 0 bridgehead atoms. The van der Waals surface area contributed by atoms with Crippen LogP contribution in [-0.4, -0.2) is 34.3 Å². The van der Waals surface area contributed by atoms with E-state index in [0.29, 0.717) is 11.6 Å². The number of nitrogens with one attached hydrogen (secondary N) is 1. The van der Waals surface area contributed by atoms with Gasteiger partial charge in [-0.2, -0.15) is 0 Å². The van der Waals surface area contributed by atoms with Gasteiger partial charge in [-0.05, 0) is 13.8 Å². The van der Waals surface area contributed by atoms with Crippen molar-refractivity contribution >= 4 is 11.6 Å². The fourth-order valence-corrected chi connectivity index (χ4v) is 1.00. The number of aromatic nitrogens is 2. The first-order chi connectivity index (χ1) is 7.01. The fraction of sp³-hybridized carbons (Fsp3) is 0.556. The highest BCUT2D eigenvalue weighted by atomic mass is 16.3. The average Bonchev–Trinajstić information content (AvgIpc) is 2.28. The number of nitrogens with zero attached hydrogens (tertiary/aromatic N) is 3. The maximum Gasteiger partial charge on any atom is 0.160 e. The van der Waals surface area contributed by atoms with Gasteiger partial charge in [0.25, 0.3) is 0 Å². The number of rotatable bonds is 4. The van der Waals surface area contributed by atoms with Crippen LogP contribution in [0.25, 0.3) is 0 Å². The summed E-state index contributed by atoms with van der Waals surface area (Å²) < 4.78 is 0. The molecule has 0 aliphatic carbocycles. The minimum atomic E-state index is -0.387. The number of hydrazine groups is 1. The molecule has 6 heteroatoms. The molecular formula is C9H17N5O. The Morgan fingerprint density at radius 2 is 2.20 bits per heavy atom. The maximum atomic E-state index is 9.22. The van der Waals surface area contributed by atoms with E-state index in [-0.39, 0.29) is 12.1 Å². The second-order valence-corrected chi connectivity index (χ2v) is 3.94. The summed E-state index contributed by atoms with van der Waals surface area (Å²) in [4.78, 5) is 10.1. The average molecular weight is 211 g/mol. The van der Waals surface area contributed by atoms with Crippen molar-refractivity contribution in [2.45, 2.75) is 19.4 Å². The van der Waals surface area contributed by atoms with E-state index in [1.54, 1.807) is 6.20 Å². The lowest BCUT2D eigenvalue weighted by molar-refractivity contribution is 0.215. The summed E-state index contributed by atoms with van der Waals surface area (Å²) in [5.74, 6) is 6.39. The molecule has 0 spiro atoms. The number of nitrogen functional groups attached to an aromatic ring is 1. The minimum absolute atomic E-state index is 0.0332. The number of nitrogens with two attached hydrogens (primary N) is 1. The van der Waals surface area contributed by atoms with Crippen LogP contribution in [0.1, 0.15) is 13.8 Å². The third kappa shape index (κ3) is 2.54. The molecule has 1 heterocycles. The van der Waals surface area contributed by atoms with Gasteiger partial charge in [0.15, 0.2) is 5.82 Å². The molecule has 1 rings (SSSR count). The normalized spacial score (nSPS) is 11.3. The molecule has 0 saturated carbocycles. The molecule has 15 heavy (non-hydrogen) atoms. The van der Waals surface area contributed by atoms with Crippen LogP contribution in [0.3, 0.4) is 0 Å². The predicted octanol–water partition coefficient (Wildman–Crippen LogP) is -0.0307. The zero-order valence-corrected chi connectivity index (χ0v) is 9.23. The summed E-state index contributed by atoms with van der Waals surface area (Å²) in [6, 6.07) is 0. The van der Waals surface area contributed by atoms with Gasteiger partial charge < -0.3 is 15.4 Å². The molecule has 1 aromatic heterocycles. The first kappa shape index (κ1) is 11.7. The van der Waals surface area contributed by atoms with Crippen molar-refractivity contribution in [1.29, 1.82) is 0 Å². The second-order valence-electron chi connectivity index (χ2n) is 3.94. The molecule has 0 aromatic carbocycles. The highest BCUT2D eigenvalue weighted by Gasteiger charge is 2.23. The molecule has 1 aromatic rings. The molecule has 0 fully saturated rings. The largest absolute Gasteiger partial charge is 0.394 e. The van der Waals surface area contributed by atoms with Crippen LogP contribution in [-0.2, 0) is 0 Å². The van der Waals surface area contributed by atoms with Crippen molar-refractivity contribution < 1.29 is 5.11 Å². The highest BCUT2D eigenvalue weighted by Crippen LogP contribution is 2.19. The maximum absolute atomic E-state index is 9.22. The number of anilines is 2. The third-order valence-corrected chi connectivity index (χ3v) is 2.41. The van der Waals surface area contributed by atoms with Crippen LogP contribution in [0.4, 0.5) is 11.6 Å². The Morgan fingerprint density at radius 1 is 1.53 bits per heavy atom. The van der Waals surface area contributed by atoms with Gasteiger partial charge in [0.05, 0.1) is 24.5 Å². The van der Waals surface area contributed by atoms with E-state index in [1.165, 1.54) is 6.20 Å². The summed E-state index contributed by atoms with van der Waals surface area (Å²) in [7, 11) is 1.85. The number of hydrogen-bond acceptors (Lipinski definition) is 6. The van der Waals surface area contributed by atoms with E-state index in [9.17, 15) is 5.11 Å². The second kappa shape index (κ2) is 4.41. The Labute approximate surface area is 89.1 Å². The Bertz CT molecular complexity index is 328. The number of hydrogen-bond donors (Lipinski definition) is 3. The van der Waals surface area contributed by atoms with Gasteiger partial charge in [0, 0.05) is 7.05 Å². The zero-order chi connectivity index (χ0) is 11.5. The van der Waals surface area contributed by atoms with Crippen LogP contribution >= 0.6 is 0 Å². The lowest BCUT2D eigenvalue weighted by atomic mass is 10.1. The number of aliphatic hydroxyl groups excluding tert-OH is 1. The van der Waals surface area contributed by atoms with Gasteiger partial charge in [0.1, 0.15) is 5.82 Å². The van der Waals surface area contributed by atoms with Crippen LogP contribution < -0.4 is 16.2 Å². The van der Waals surface area contributed by atoms with Crippen LogP contribution in [0.15, 0.2) is 12.4 Å². The van der Waals surface area contributed by atoms with Crippen molar-refractivity contribution in [3.8, 4) is 0 Å². The van der Waals surface area contributed by atoms with Crippen molar-refractivity contribution in [3.63, 3.8) is 0 Å². The summed E-state index contributed by atoms with van der Waals surface area (Å²) >= 11 is 0. The quantitative estimate of drug-likeness (QED) is 0.479. The molecule has 6 nitrogen and oxygen atoms in total. The Hall–Kier alpha value is -1.40. The molecular weight excluding hydrogens is 194 g/mol. The lowest BCUT2D eigenvalue weighted by Crippen LogP contribution is -2.44. The molecule has 84 valence electrons. The van der Waals surface area contributed by atoms with Gasteiger partial charge in [-0.1, -0.05) is 0 Å². The zero-order valence-electron chi connectivity index (χ0n) is 9.23. The number of likely N-dealkylation sites (N-methyl/N-ethyl adjacent to an activating group) is 1.